The van der Waals surface area contributed by atoms with Crippen LogP contribution < -0.4 is 17.0 Å². The van der Waals surface area contributed by atoms with E-state index in [4.69, 9.17) is 22.1 Å². The van der Waals surface area contributed by atoms with Crippen LogP contribution in [0.25, 0.3) is 16.6 Å². The molecule has 0 unspecified atom stereocenters. The second-order valence-electron chi connectivity index (χ2n) is 7.33. The summed E-state index contributed by atoms with van der Waals surface area (Å²) < 4.78 is 7.83. The number of ether oxygens (including phenoxy) is 1. The van der Waals surface area contributed by atoms with E-state index in [9.17, 15) is 14.4 Å². The van der Waals surface area contributed by atoms with E-state index in [1.807, 2.05) is 0 Å². The van der Waals surface area contributed by atoms with Crippen LogP contribution in [0.5, 0.6) is 0 Å². The van der Waals surface area contributed by atoms with Gasteiger partial charge in [-0.3, -0.25) is 9.36 Å². The van der Waals surface area contributed by atoms with Gasteiger partial charge in [0.25, 0.3) is 5.56 Å². The van der Waals surface area contributed by atoms with Crippen molar-refractivity contribution in [1.29, 1.82) is 0 Å². The third-order valence-corrected chi connectivity index (χ3v) is 5.61. The number of rotatable bonds is 7. The molecule has 31 heavy (non-hydrogen) atoms. The Balaban J connectivity index is 2.45. The van der Waals surface area contributed by atoms with Gasteiger partial charge in [0, 0.05) is 6.54 Å². The molecule has 0 aliphatic rings. The summed E-state index contributed by atoms with van der Waals surface area (Å²) in [5.41, 5.74) is 6.87. The highest BCUT2D eigenvalue weighted by atomic mass is 35.5. The molecule has 0 atom stereocenters. The van der Waals surface area contributed by atoms with Crippen LogP contribution in [-0.4, -0.2) is 28.3 Å². The maximum absolute atomic E-state index is 13.6. The summed E-state index contributed by atoms with van der Waals surface area (Å²) in [5.74, 6) is -0.496. The molecular formula is C23H26ClN3O4. The van der Waals surface area contributed by atoms with Crippen LogP contribution >= 0.6 is 11.6 Å². The van der Waals surface area contributed by atoms with E-state index in [0.29, 0.717) is 52.8 Å². The third kappa shape index (κ3) is 4.16. The normalized spacial score (nSPS) is 11.1. The Morgan fingerprint density at radius 2 is 1.87 bits per heavy atom. The molecule has 2 aromatic carbocycles. The molecule has 0 fully saturated rings. The number of halogens is 1. The van der Waals surface area contributed by atoms with E-state index in [-0.39, 0.29) is 11.6 Å². The topological polar surface area (TPSA) is 96.3 Å². The molecule has 2 N–H and O–H groups in total. The van der Waals surface area contributed by atoms with Crippen LogP contribution in [0.1, 0.15) is 41.3 Å². The number of nitrogens with zero attached hydrogens (tertiary/aromatic N) is 2. The fourth-order valence-electron chi connectivity index (χ4n) is 3.86. The zero-order valence-electron chi connectivity index (χ0n) is 17.9. The highest BCUT2D eigenvalue weighted by Crippen LogP contribution is 2.25. The van der Waals surface area contributed by atoms with Gasteiger partial charge in [0.15, 0.2) is 0 Å². The van der Waals surface area contributed by atoms with Crippen LogP contribution in [0.15, 0.2) is 39.9 Å². The predicted octanol–water partition coefficient (Wildman–Crippen LogP) is 3.34. The van der Waals surface area contributed by atoms with Gasteiger partial charge in [0.05, 0.1) is 33.8 Å². The summed E-state index contributed by atoms with van der Waals surface area (Å²) in [6.07, 6.45) is 1.40. The Bertz CT molecular complexity index is 1260. The van der Waals surface area contributed by atoms with Crippen molar-refractivity contribution in [3.8, 4) is 5.69 Å². The molecule has 164 valence electrons. The summed E-state index contributed by atoms with van der Waals surface area (Å²) in [5, 5.41) is 0.575. The fourth-order valence-corrected chi connectivity index (χ4v) is 4.08. The summed E-state index contributed by atoms with van der Waals surface area (Å²) in [6.45, 7) is 6.31. The number of aromatic nitrogens is 2. The maximum Gasteiger partial charge on any atom is 0.338 e. The maximum atomic E-state index is 13.6. The number of fused-ring (bicyclic) bond motifs is 1. The van der Waals surface area contributed by atoms with E-state index in [0.717, 1.165) is 11.0 Å². The van der Waals surface area contributed by atoms with E-state index < -0.39 is 17.2 Å². The molecule has 0 saturated carbocycles. The Morgan fingerprint density at radius 3 is 2.52 bits per heavy atom. The second-order valence-corrected chi connectivity index (χ2v) is 7.74. The smallest absolute Gasteiger partial charge is 0.338 e. The summed E-state index contributed by atoms with van der Waals surface area (Å²) >= 11 is 6.32. The highest BCUT2D eigenvalue weighted by molar-refractivity contribution is 6.32. The Labute approximate surface area is 185 Å². The number of unbranched alkanes of at least 4 members (excludes halogenated alkanes) is 1. The molecule has 0 bridgehead atoms. The summed E-state index contributed by atoms with van der Waals surface area (Å²) in [6, 6.07) is 8.39. The number of esters is 1. The van der Waals surface area contributed by atoms with Crippen molar-refractivity contribution >= 4 is 28.5 Å². The summed E-state index contributed by atoms with van der Waals surface area (Å²) in [7, 11) is 0. The van der Waals surface area contributed by atoms with E-state index in [1.54, 1.807) is 55.7 Å². The third-order valence-electron chi connectivity index (χ3n) is 5.29. The minimum absolute atomic E-state index is 0.220. The van der Waals surface area contributed by atoms with Gasteiger partial charge >= 0.3 is 11.7 Å². The van der Waals surface area contributed by atoms with Gasteiger partial charge in [0.1, 0.15) is 0 Å². The average molecular weight is 444 g/mol. The number of hydrogen-bond acceptors (Lipinski definition) is 5. The van der Waals surface area contributed by atoms with Crippen molar-refractivity contribution < 1.29 is 9.53 Å². The quantitative estimate of drug-likeness (QED) is 0.446. The monoisotopic (exact) mass is 443 g/mol. The minimum Gasteiger partial charge on any atom is -0.462 e. The molecule has 0 spiro atoms. The zero-order chi connectivity index (χ0) is 22.7. The first-order chi connectivity index (χ1) is 14.8. The van der Waals surface area contributed by atoms with Gasteiger partial charge < -0.3 is 10.5 Å². The average Bonchev–Trinajstić information content (AvgIpc) is 2.71. The molecule has 1 heterocycles. The first-order valence-corrected chi connectivity index (χ1v) is 10.6. The van der Waals surface area contributed by atoms with Crippen molar-refractivity contribution in [2.24, 2.45) is 5.73 Å². The van der Waals surface area contributed by atoms with Crippen LogP contribution in [0.4, 0.5) is 0 Å². The fraction of sp³-hybridized carbons (Fsp3) is 0.348. The first kappa shape index (κ1) is 22.8. The Morgan fingerprint density at radius 1 is 1.16 bits per heavy atom. The lowest BCUT2D eigenvalue weighted by Crippen LogP contribution is -2.40. The molecule has 0 amide bonds. The molecule has 3 rings (SSSR count). The van der Waals surface area contributed by atoms with Crippen LogP contribution in [0.2, 0.25) is 5.02 Å². The van der Waals surface area contributed by atoms with Crippen LogP contribution in [-0.2, 0) is 11.3 Å². The van der Waals surface area contributed by atoms with Gasteiger partial charge in [-0.2, -0.15) is 0 Å². The highest BCUT2D eigenvalue weighted by Gasteiger charge is 2.23. The van der Waals surface area contributed by atoms with Crippen molar-refractivity contribution in [2.45, 2.75) is 40.2 Å². The predicted molar refractivity (Wildman–Crippen MR) is 123 cm³/mol. The number of nitrogens with two attached hydrogens (primary N) is 1. The molecule has 0 aliphatic carbocycles. The number of carbonyl (C=O) groups excluding carboxylic acids is 1. The van der Waals surface area contributed by atoms with Gasteiger partial charge in [0.2, 0.25) is 0 Å². The Kier molecular flexibility index (Phi) is 6.97. The van der Waals surface area contributed by atoms with Crippen LogP contribution in [0, 0.1) is 13.8 Å². The van der Waals surface area contributed by atoms with E-state index in [1.165, 1.54) is 0 Å². The number of hydrogen-bond donors (Lipinski definition) is 1. The summed E-state index contributed by atoms with van der Waals surface area (Å²) in [4.78, 5) is 39.6. The van der Waals surface area contributed by atoms with Crippen molar-refractivity contribution in [1.82, 2.24) is 9.13 Å². The lowest BCUT2D eigenvalue weighted by atomic mass is 9.98. The van der Waals surface area contributed by atoms with Gasteiger partial charge in [-0.05, 0) is 69.5 Å². The molecule has 8 heteroatoms. The van der Waals surface area contributed by atoms with Gasteiger partial charge in [-0.15, -0.1) is 0 Å². The molecule has 0 saturated heterocycles. The molecule has 0 aliphatic heterocycles. The number of carbonyl (C=O) groups is 1. The number of aryl methyl sites for hydroxylation is 3. The number of para-hydroxylation sites is 1. The largest absolute Gasteiger partial charge is 0.462 e. The van der Waals surface area contributed by atoms with Gasteiger partial charge in [-0.25, -0.2) is 14.2 Å². The zero-order valence-corrected chi connectivity index (χ0v) is 18.7. The lowest BCUT2D eigenvalue weighted by molar-refractivity contribution is 0.0525. The molecule has 3 aromatic rings. The number of benzene rings is 2. The molecular weight excluding hydrogens is 418 g/mol. The Hall–Kier alpha value is -2.90. The van der Waals surface area contributed by atoms with E-state index in [2.05, 4.69) is 0 Å². The molecule has 1 aromatic heterocycles. The van der Waals surface area contributed by atoms with Crippen molar-refractivity contribution in [3.05, 3.63) is 72.9 Å². The standard InChI is InChI=1S/C23H26ClN3O4/c1-4-31-22(29)19-14(2)13-18-20(15(19)3)21(28)27(17-10-6-5-9-16(17)24)23(30)26(18)12-8-7-11-25/h5-6,9-10,13H,4,7-8,11-12,25H2,1-3H3. The van der Waals surface area contributed by atoms with Gasteiger partial charge in [-0.1, -0.05) is 23.7 Å². The lowest BCUT2D eigenvalue weighted by Gasteiger charge is -2.18. The van der Waals surface area contributed by atoms with E-state index >= 15 is 0 Å². The first-order valence-electron chi connectivity index (χ1n) is 10.2. The molecule has 0 radical (unpaired) electrons. The SMILES string of the molecule is CCOC(=O)c1c(C)cc2c(c1C)c(=O)n(-c1ccccc1Cl)c(=O)n2CCCCN. The minimum atomic E-state index is -0.522. The second kappa shape index (κ2) is 9.49. The van der Waals surface area contributed by atoms with Crippen molar-refractivity contribution in [3.63, 3.8) is 0 Å². The van der Waals surface area contributed by atoms with Crippen molar-refractivity contribution in [2.75, 3.05) is 13.2 Å². The van der Waals surface area contributed by atoms with Crippen LogP contribution in [0.3, 0.4) is 0 Å². The molecule has 7 nitrogen and oxygen atoms in total.